The van der Waals surface area contributed by atoms with Crippen LogP contribution in [-0.2, 0) is 20.9 Å². The molecule has 0 bridgehead atoms. The van der Waals surface area contributed by atoms with Gasteiger partial charge in [-0.3, -0.25) is 4.79 Å². The van der Waals surface area contributed by atoms with Crippen LogP contribution in [0.25, 0.3) is 0 Å². The first-order valence-corrected chi connectivity index (χ1v) is 9.56. The van der Waals surface area contributed by atoms with Crippen molar-refractivity contribution in [1.82, 2.24) is 4.90 Å². The fourth-order valence-electron chi connectivity index (χ4n) is 3.46. The number of benzene rings is 2. The minimum absolute atomic E-state index is 0.0532. The van der Waals surface area contributed by atoms with E-state index in [0.29, 0.717) is 29.4 Å². The average Bonchev–Trinajstić information content (AvgIpc) is 2.70. The van der Waals surface area contributed by atoms with Gasteiger partial charge in [0.1, 0.15) is 6.61 Å². The number of ether oxygens (including phenoxy) is 1. The Balaban J connectivity index is 1.92. The van der Waals surface area contributed by atoms with Gasteiger partial charge in [0.2, 0.25) is 5.91 Å². The second kappa shape index (κ2) is 9.04. The van der Waals surface area contributed by atoms with Gasteiger partial charge < -0.3 is 15.4 Å². The van der Waals surface area contributed by atoms with Crippen LogP contribution in [0.2, 0.25) is 5.02 Å². The largest absolute Gasteiger partial charge is 0.457 e. The lowest BCUT2D eigenvalue weighted by Crippen LogP contribution is -2.40. The van der Waals surface area contributed by atoms with E-state index in [1.54, 1.807) is 24.0 Å². The summed E-state index contributed by atoms with van der Waals surface area (Å²) in [6.45, 7) is 2.64. The summed E-state index contributed by atoms with van der Waals surface area (Å²) < 4.78 is 5.58. The Hall–Kier alpha value is -2.63. The first kappa shape index (κ1) is 20.1. The Morgan fingerprint density at radius 1 is 1.18 bits per heavy atom. The molecule has 0 spiro atoms. The van der Waals surface area contributed by atoms with Crippen LogP contribution in [0.15, 0.2) is 65.9 Å². The molecule has 1 atom stereocenters. The molecule has 0 saturated heterocycles. The van der Waals surface area contributed by atoms with E-state index in [9.17, 15) is 9.59 Å². The van der Waals surface area contributed by atoms with Gasteiger partial charge in [0.25, 0.3) is 0 Å². The van der Waals surface area contributed by atoms with Crippen molar-refractivity contribution in [3.05, 3.63) is 82.0 Å². The Morgan fingerprint density at radius 3 is 2.50 bits per heavy atom. The van der Waals surface area contributed by atoms with Crippen molar-refractivity contribution < 1.29 is 14.3 Å². The summed E-state index contributed by atoms with van der Waals surface area (Å²) in [5.41, 5.74) is 8.51. The second-order valence-electron chi connectivity index (χ2n) is 6.70. The van der Waals surface area contributed by atoms with Crippen molar-refractivity contribution in [2.45, 2.75) is 25.9 Å². The maximum atomic E-state index is 13.0. The standard InChI is InChI=1S/C22H23ClN2O3/c1-15-21(22(27)28-14-16-5-3-2-4-6-16)19(13-20(26)25(15)12-11-24)17-7-9-18(23)10-8-17/h2-10,19H,11-14,24H2,1H3. The molecule has 0 saturated carbocycles. The van der Waals surface area contributed by atoms with Gasteiger partial charge in [0, 0.05) is 36.1 Å². The van der Waals surface area contributed by atoms with E-state index < -0.39 is 5.97 Å². The summed E-state index contributed by atoms with van der Waals surface area (Å²) in [4.78, 5) is 27.2. The van der Waals surface area contributed by atoms with Crippen LogP contribution in [0, 0.1) is 0 Å². The third-order valence-corrected chi connectivity index (χ3v) is 5.13. The van der Waals surface area contributed by atoms with Crippen LogP contribution < -0.4 is 5.73 Å². The second-order valence-corrected chi connectivity index (χ2v) is 7.14. The molecule has 1 amide bonds. The number of amides is 1. The molecule has 2 N–H and O–H groups in total. The van der Waals surface area contributed by atoms with Gasteiger partial charge in [-0.15, -0.1) is 0 Å². The van der Waals surface area contributed by atoms with Crippen LogP contribution in [-0.4, -0.2) is 29.9 Å². The molecule has 1 aliphatic rings. The molecule has 3 rings (SSSR count). The van der Waals surface area contributed by atoms with Crippen LogP contribution >= 0.6 is 11.6 Å². The number of rotatable bonds is 6. The molecule has 6 heteroatoms. The quantitative estimate of drug-likeness (QED) is 0.754. The fraction of sp³-hybridized carbons (Fsp3) is 0.273. The Bertz CT molecular complexity index is 878. The molecule has 5 nitrogen and oxygen atoms in total. The van der Waals surface area contributed by atoms with Crippen LogP contribution in [0.4, 0.5) is 0 Å². The van der Waals surface area contributed by atoms with Crippen molar-refractivity contribution in [1.29, 1.82) is 0 Å². The number of esters is 1. The summed E-state index contributed by atoms with van der Waals surface area (Å²) in [5, 5.41) is 0.601. The number of nitrogens with zero attached hydrogens (tertiary/aromatic N) is 1. The molecule has 1 heterocycles. The minimum atomic E-state index is -0.421. The summed E-state index contributed by atoms with van der Waals surface area (Å²) in [6.07, 6.45) is 0.189. The van der Waals surface area contributed by atoms with E-state index in [0.717, 1.165) is 11.1 Å². The highest BCUT2D eigenvalue weighted by atomic mass is 35.5. The van der Waals surface area contributed by atoms with E-state index >= 15 is 0 Å². The molecule has 0 fully saturated rings. The molecule has 0 aromatic heterocycles. The van der Waals surface area contributed by atoms with Crippen molar-refractivity contribution in [3.63, 3.8) is 0 Å². The van der Waals surface area contributed by atoms with Gasteiger partial charge in [-0.25, -0.2) is 4.79 Å². The molecule has 2 aromatic carbocycles. The Labute approximate surface area is 169 Å². The highest BCUT2D eigenvalue weighted by Gasteiger charge is 2.36. The first-order chi connectivity index (χ1) is 13.5. The highest BCUT2D eigenvalue weighted by Crippen LogP contribution is 2.37. The topological polar surface area (TPSA) is 72.6 Å². The third kappa shape index (κ3) is 4.43. The Morgan fingerprint density at radius 2 is 1.86 bits per heavy atom. The maximum absolute atomic E-state index is 13.0. The number of carbonyl (C=O) groups is 2. The normalized spacial score (nSPS) is 17.0. The highest BCUT2D eigenvalue weighted by molar-refractivity contribution is 6.30. The van der Waals surface area contributed by atoms with E-state index in [4.69, 9.17) is 22.1 Å². The summed E-state index contributed by atoms with van der Waals surface area (Å²) >= 11 is 6.00. The molecule has 28 heavy (non-hydrogen) atoms. The number of allylic oxidation sites excluding steroid dienone is 1. The molecule has 1 aliphatic heterocycles. The zero-order valence-corrected chi connectivity index (χ0v) is 16.5. The summed E-state index contributed by atoms with van der Waals surface area (Å²) in [7, 11) is 0. The molecule has 0 aliphatic carbocycles. The van der Waals surface area contributed by atoms with Crippen LogP contribution in [0.3, 0.4) is 0 Å². The third-order valence-electron chi connectivity index (χ3n) is 4.88. The van der Waals surface area contributed by atoms with Crippen LogP contribution in [0.1, 0.15) is 30.4 Å². The molecule has 146 valence electrons. The van der Waals surface area contributed by atoms with E-state index in [-0.39, 0.29) is 24.9 Å². The van der Waals surface area contributed by atoms with E-state index in [1.165, 1.54) is 0 Å². The number of hydrogen-bond donors (Lipinski definition) is 1. The zero-order valence-electron chi connectivity index (χ0n) is 15.7. The van der Waals surface area contributed by atoms with Gasteiger partial charge in [0.15, 0.2) is 0 Å². The molecular formula is C22H23ClN2O3. The molecule has 1 unspecified atom stereocenters. The number of hydrogen-bond acceptors (Lipinski definition) is 4. The SMILES string of the molecule is CC1=C(C(=O)OCc2ccccc2)C(c2ccc(Cl)cc2)CC(=O)N1CCN. The average molecular weight is 399 g/mol. The smallest absolute Gasteiger partial charge is 0.336 e. The first-order valence-electron chi connectivity index (χ1n) is 9.19. The van der Waals surface area contributed by atoms with Gasteiger partial charge in [-0.1, -0.05) is 54.1 Å². The molecule has 2 aromatic rings. The van der Waals surface area contributed by atoms with E-state index in [1.807, 2.05) is 42.5 Å². The van der Waals surface area contributed by atoms with Gasteiger partial charge in [0.05, 0.1) is 5.57 Å². The van der Waals surface area contributed by atoms with Crippen LogP contribution in [0.5, 0.6) is 0 Å². The lowest BCUT2D eigenvalue weighted by atomic mass is 9.83. The summed E-state index contributed by atoms with van der Waals surface area (Å²) in [5.74, 6) is -0.847. The zero-order chi connectivity index (χ0) is 20.1. The van der Waals surface area contributed by atoms with Crippen molar-refractivity contribution in [3.8, 4) is 0 Å². The number of nitrogens with two attached hydrogens (primary N) is 1. The van der Waals surface area contributed by atoms with Gasteiger partial charge in [-0.05, 0) is 30.2 Å². The predicted molar refractivity (Wildman–Crippen MR) is 109 cm³/mol. The van der Waals surface area contributed by atoms with E-state index in [2.05, 4.69) is 0 Å². The molecule has 0 radical (unpaired) electrons. The number of halogens is 1. The monoisotopic (exact) mass is 398 g/mol. The van der Waals surface area contributed by atoms with Crippen molar-refractivity contribution in [2.24, 2.45) is 5.73 Å². The van der Waals surface area contributed by atoms with Gasteiger partial charge in [-0.2, -0.15) is 0 Å². The summed E-state index contributed by atoms with van der Waals surface area (Å²) in [6, 6.07) is 16.7. The number of carbonyl (C=O) groups excluding carboxylic acids is 2. The fourth-order valence-corrected chi connectivity index (χ4v) is 3.59. The minimum Gasteiger partial charge on any atom is -0.457 e. The Kier molecular flexibility index (Phi) is 6.49. The predicted octanol–water partition coefficient (Wildman–Crippen LogP) is 3.63. The lowest BCUT2D eigenvalue weighted by molar-refractivity contribution is -0.141. The maximum Gasteiger partial charge on any atom is 0.336 e. The van der Waals surface area contributed by atoms with Crippen molar-refractivity contribution in [2.75, 3.05) is 13.1 Å². The van der Waals surface area contributed by atoms with Crippen molar-refractivity contribution >= 4 is 23.5 Å². The molecular weight excluding hydrogens is 376 g/mol. The lowest BCUT2D eigenvalue weighted by Gasteiger charge is -2.34. The van der Waals surface area contributed by atoms with Gasteiger partial charge >= 0.3 is 5.97 Å².